The van der Waals surface area contributed by atoms with Gasteiger partial charge in [0.1, 0.15) is 0 Å². The summed E-state index contributed by atoms with van der Waals surface area (Å²) in [6, 6.07) is 6.01. The molecular formula is C11H8N2O. The minimum Gasteiger partial charge on any atom is -0.361 e. The molecular weight excluding hydrogens is 176 g/mol. The first kappa shape index (κ1) is 7.38. The maximum absolute atomic E-state index is 10.8. The molecule has 3 nitrogen and oxygen atoms in total. The summed E-state index contributed by atoms with van der Waals surface area (Å²) < 4.78 is 0. The highest BCUT2D eigenvalue weighted by Gasteiger charge is 2.07. The average molecular weight is 184 g/mol. The largest absolute Gasteiger partial charge is 0.361 e. The molecule has 0 aliphatic carbocycles. The van der Waals surface area contributed by atoms with Crippen LogP contribution in [0.25, 0.3) is 21.8 Å². The number of carbonyl (C=O) groups is 1. The molecule has 2 heterocycles. The molecule has 0 aliphatic heterocycles. The summed E-state index contributed by atoms with van der Waals surface area (Å²) >= 11 is 0. The fourth-order valence-corrected chi connectivity index (χ4v) is 1.87. The van der Waals surface area contributed by atoms with Crippen molar-refractivity contribution in [1.29, 1.82) is 0 Å². The van der Waals surface area contributed by atoms with Gasteiger partial charge in [0.25, 0.3) is 0 Å². The van der Waals surface area contributed by atoms with Gasteiger partial charge in [-0.15, -0.1) is 0 Å². The summed E-state index contributed by atoms with van der Waals surface area (Å²) in [7, 11) is 0. The third kappa shape index (κ3) is 0.785. The Kier molecular flexibility index (Phi) is 1.31. The quantitative estimate of drug-likeness (QED) is 0.561. The van der Waals surface area contributed by atoms with E-state index < -0.39 is 0 Å². The lowest BCUT2D eigenvalue weighted by Crippen LogP contribution is -1.77. The van der Waals surface area contributed by atoms with Crippen LogP contribution >= 0.6 is 0 Å². The molecule has 0 amide bonds. The number of aldehydes is 1. The minimum absolute atomic E-state index is 0.702. The lowest BCUT2D eigenvalue weighted by atomic mass is 10.1. The highest BCUT2D eigenvalue weighted by atomic mass is 16.1. The first-order valence-electron chi connectivity index (χ1n) is 4.42. The van der Waals surface area contributed by atoms with E-state index in [0.29, 0.717) is 5.56 Å². The van der Waals surface area contributed by atoms with Crippen molar-refractivity contribution in [2.45, 2.75) is 0 Å². The molecule has 2 N–H and O–H groups in total. The Morgan fingerprint density at radius 1 is 1.14 bits per heavy atom. The highest BCUT2D eigenvalue weighted by molar-refractivity contribution is 6.11. The third-order valence-corrected chi connectivity index (χ3v) is 2.53. The molecule has 1 aromatic carbocycles. The van der Waals surface area contributed by atoms with E-state index in [-0.39, 0.29) is 0 Å². The van der Waals surface area contributed by atoms with Crippen LogP contribution in [0.1, 0.15) is 10.4 Å². The third-order valence-electron chi connectivity index (χ3n) is 2.53. The van der Waals surface area contributed by atoms with E-state index >= 15 is 0 Å². The van der Waals surface area contributed by atoms with E-state index in [2.05, 4.69) is 9.97 Å². The number of aromatic nitrogens is 2. The van der Waals surface area contributed by atoms with Gasteiger partial charge in [0.15, 0.2) is 6.29 Å². The summed E-state index contributed by atoms with van der Waals surface area (Å²) in [5.41, 5.74) is 2.71. The van der Waals surface area contributed by atoms with Gasteiger partial charge in [-0.1, -0.05) is 6.07 Å². The van der Waals surface area contributed by atoms with Crippen molar-refractivity contribution in [2.75, 3.05) is 0 Å². The number of H-pyrrole nitrogens is 2. The first-order valence-corrected chi connectivity index (χ1v) is 4.42. The zero-order chi connectivity index (χ0) is 9.54. The second-order valence-electron chi connectivity index (χ2n) is 3.29. The van der Waals surface area contributed by atoms with Crippen LogP contribution in [0.5, 0.6) is 0 Å². The molecule has 3 aromatic rings. The Balaban J connectivity index is 2.64. The van der Waals surface area contributed by atoms with Crippen molar-refractivity contribution in [3.05, 3.63) is 36.2 Å². The van der Waals surface area contributed by atoms with Gasteiger partial charge in [-0.25, -0.2) is 0 Å². The van der Waals surface area contributed by atoms with Crippen LogP contribution in [0.4, 0.5) is 0 Å². The van der Waals surface area contributed by atoms with Crippen LogP contribution in [0, 0.1) is 0 Å². The fraction of sp³-hybridized carbons (Fsp3) is 0. The Hall–Kier alpha value is -2.03. The zero-order valence-corrected chi connectivity index (χ0v) is 7.37. The second-order valence-corrected chi connectivity index (χ2v) is 3.29. The zero-order valence-electron chi connectivity index (χ0n) is 7.37. The van der Waals surface area contributed by atoms with Crippen LogP contribution in [0.3, 0.4) is 0 Å². The van der Waals surface area contributed by atoms with Crippen molar-refractivity contribution in [3.8, 4) is 0 Å². The topological polar surface area (TPSA) is 48.6 Å². The smallest absolute Gasteiger partial charge is 0.152 e. The molecule has 0 saturated heterocycles. The van der Waals surface area contributed by atoms with Gasteiger partial charge in [0.05, 0.1) is 5.52 Å². The molecule has 14 heavy (non-hydrogen) atoms. The molecule has 2 aromatic heterocycles. The second kappa shape index (κ2) is 2.48. The molecule has 0 saturated carbocycles. The molecule has 0 atom stereocenters. The Bertz CT molecular complexity index is 618. The predicted octanol–water partition coefficient (Wildman–Crippen LogP) is 2.46. The number of hydrogen-bond donors (Lipinski definition) is 2. The average Bonchev–Trinajstić information content (AvgIpc) is 2.82. The van der Waals surface area contributed by atoms with E-state index in [4.69, 9.17) is 0 Å². The summed E-state index contributed by atoms with van der Waals surface area (Å²) in [6.07, 6.45) is 4.49. The number of carbonyl (C=O) groups excluding carboxylic acids is 1. The minimum atomic E-state index is 0.702. The van der Waals surface area contributed by atoms with Crippen molar-refractivity contribution in [3.63, 3.8) is 0 Å². The number of fused-ring (bicyclic) bond motifs is 3. The van der Waals surface area contributed by atoms with E-state index in [1.54, 1.807) is 6.20 Å². The van der Waals surface area contributed by atoms with Gasteiger partial charge < -0.3 is 9.97 Å². The Labute approximate surface area is 79.7 Å². The Morgan fingerprint density at radius 2 is 2.07 bits per heavy atom. The van der Waals surface area contributed by atoms with Crippen LogP contribution < -0.4 is 0 Å². The molecule has 0 unspecified atom stereocenters. The number of aromatic amines is 2. The number of nitrogens with one attached hydrogen (secondary N) is 2. The predicted molar refractivity (Wildman–Crippen MR) is 55.5 cm³/mol. The van der Waals surface area contributed by atoms with Crippen molar-refractivity contribution in [2.24, 2.45) is 0 Å². The molecule has 68 valence electrons. The van der Waals surface area contributed by atoms with Crippen LogP contribution in [0.15, 0.2) is 30.6 Å². The summed E-state index contributed by atoms with van der Waals surface area (Å²) in [5.74, 6) is 0. The molecule has 0 spiro atoms. The van der Waals surface area contributed by atoms with Gasteiger partial charge in [0, 0.05) is 34.2 Å². The fourth-order valence-electron chi connectivity index (χ4n) is 1.87. The van der Waals surface area contributed by atoms with Gasteiger partial charge in [-0.05, 0) is 12.1 Å². The molecule has 0 aliphatic rings. The molecule has 0 radical (unpaired) electrons. The van der Waals surface area contributed by atoms with Gasteiger partial charge >= 0.3 is 0 Å². The first-order chi connectivity index (χ1) is 6.90. The van der Waals surface area contributed by atoms with Gasteiger partial charge in [-0.2, -0.15) is 0 Å². The van der Waals surface area contributed by atoms with Gasteiger partial charge in [0.2, 0.25) is 0 Å². The van der Waals surface area contributed by atoms with Crippen molar-refractivity contribution >= 4 is 28.1 Å². The van der Waals surface area contributed by atoms with Crippen LogP contribution in [-0.4, -0.2) is 16.3 Å². The Morgan fingerprint density at radius 3 is 2.93 bits per heavy atom. The van der Waals surface area contributed by atoms with E-state index in [0.717, 1.165) is 28.1 Å². The van der Waals surface area contributed by atoms with Crippen LogP contribution in [-0.2, 0) is 0 Å². The van der Waals surface area contributed by atoms with Crippen molar-refractivity contribution in [1.82, 2.24) is 9.97 Å². The molecule has 3 rings (SSSR count). The maximum atomic E-state index is 10.8. The maximum Gasteiger partial charge on any atom is 0.152 e. The van der Waals surface area contributed by atoms with Crippen LogP contribution in [0.2, 0.25) is 0 Å². The highest BCUT2D eigenvalue weighted by Crippen LogP contribution is 2.25. The molecule has 3 heteroatoms. The van der Waals surface area contributed by atoms with E-state index in [9.17, 15) is 4.79 Å². The number of hydrogen-bond acceptors (Lipinski definition) is 1. The lowest BCUT2D eigenvalue weighted by molar-refractivity contribution is 0.112. The number of benzene rings is 1. The SMILES string of the molecule is O=Cc1c[nH]c2ccc3cc[nH]c3c12. The van der Waals surface area contributed by atoms with E-state index in [1.807, 2.05) is 24.4 Å². The summed E-state index contributed by atoms with van der Waals surface area (Å²) in [4.78, 5) is 17.0. The monoisotopic (exact) mass is 184 g/mol. The molecule has 0 fully saturated rings. The normalized spacial score (nSPS) is 11.1. The van der Waals surface area contributed by atoms with Crippen molar-refractivity contribution < 1.29 is 4.79 Å². The van der Waals surface area contributed by atoms with E-state index in [1.165, 1.54) is 0 Å². The molecule has 0 bridgehead atoms. The number of rotatable bonds is 1. The standard InChI is InChI=1S/C11H8N2O/c14-6-8-5-13-9-2-1-7-3-4-12-11(7)10(8)9/h1-6,12-13H. The lowest BCUT2D eigenvalue weighted by Gasteiger charge is -1.93. The summed E-state index contributed by atoms with van der Waals surface area (Å²) in [6.45, 7) is 0. The van der Waals surface area contributed by atoms with Gasteiger partial charge in [-0.3, -0.25) is 4.79 Å². The summed E-state index contributed by atoms with van der Waals surface area (Å²) in [5, 5.41) is 2.10.